The molecule has 4 aromatic rings. The van der Waals surface area contributed by atoms with Gasteiger partial charge < -0.3 is 23.7 Å². The molecule has 1 aliphatic rings. The summed E-state index contributed by atoms with van der Waals surface area (Å²) >= 11 is 4.80. The third kappa shape index (κ3) is 7.11. The minimum Gasteiger partial charge on any atom is -0.490 e. The number of thiazole rings is 1. The van der Waals surface area contributed by atoms with Gasteiger partial charge in [0.1, 0.15) is 6.61 Å². The second-order valence-corrected chi connectivity index (χ2v) is 11.9. The maximum absolute atomic E-state index is 14.1. The van der Waals surface area contributed by atoms with E-state index in [0.717, 1.165) is 5.56 Å². The van der Waals surface area contributed by atoms with E-state index in [9.17, 15) is 14.9 Å². The van der Waals surface area contributed by atoms with Crippen molar-refractivity contribution in [3.63, 3.8) is 0 Å². The van der Waals surface area contributed by atoms with Crippen molar-refractivity contribution in [1.82, 2.24) is 4.57 Å². The molecule has 5 rings (SSSR count). The molecule has 0 saturated carbocycles. The molecule has 1 aliphatic heterocycles. The van der Waals surface area contributed by atoms with E-state index in [2.05, 4.69) is 27.0 Å². The standard InChI is InChI=1S/C35H32BrN3O7S/c1-5-43-27-13-12-22(17-28(27)44-6-2)31-25(34(41)42-4)19-38-35-39(31)33(40)30(47-35)16-21-14-26(36)32(29(15-21)45-7-3)46-20-24-11-9-8-10-23(24)18-37/h8-17,19,31H,5-7,20H2,1-4H3/b30-16-/t31-/m0/s1. The molecule has 10 nitrogen and oxygen atoms in total. The molecule has 12 heteroatoms. The van der Waals surface area contributed by atoms with Gasteiger partial charge in [0.2, 0.25) is 0 Å². The predicted octanol–water partition coefficient (Wildman–Crippen LogP) is 5.43. The zero-order valence-electron chi connectivity index (χ0n) is 26.2. The minimum atomic E-state index is -0.812. The lowest BCUT2D eigenvalue weighted by Gasteiger charge is -2.23. The van der Waals surface area contributed by atoms with E-state index in [0.29, 0.717) is 73.3 Å². The second kappa shape index (κ2) is 15.2. The maximum Gasteiger partial charge on any atom is 0.337 e. The molecule has 242 valence electrons. The number of rotatable bonds is 12. The average Bonchev–Trinajstić information content (AvgIpc) is 3.39. The first-order chi connectivity index (χ1) is 22.8. The van der Waals surface area contributed by atoms with Gasteiger partial charge in [0.05, 0.1) is 59.2 Å². The Kier molecular flexibility index (Phi) is 10.8. The van der Waals surface area contributed by atoms with Crippen LogP contribution in [0.4, 0.5) is 0 Å². The average molecular weight is 719 g/mol. The summed E-state index contributed by atoms with van der Waals surface area (Å²) in [6.07, 6.45) is 3.19. The molecule has 0 unspecified atom stereocenters. The first-order valence-corrected chi connectivity index (χ1v) is 16.5. The van der Waals surface area contributed by atoms with Crippen molar-refractivity contribution in [3.8, 4) is 29.1 Å². The predicted molar refractivity (Wildman–Crippen MR) is 181 cm³/mol. The molecule has 0 N–H and O–H groups in total. The molecule has 1 aromatic heterocycles. The lowest BCUT2D eigenvalue weighted by molar-refractivity contribution is -0.136. The van der Waals surface area contributed by atoms with Crippen LogP contribution in [0.25, 0.3) is 6.08 Å². The van der Waals surface area contributed by atoms with Gasteiger partial charge in [0.25, 0.3) is 5.56 Å². The van der Waals surface area contributed by atoms with Crippen molar-refractivity contribution in [2.75, 3.05) is 26.9 Å². The maximum atomic E-state index is 14.1. The Morgan fingerprint density at radius 3 is 2.45 bits per heavy atom. The number of esters is 1. The summed E-state index contributed by atoms with van der Waals surface area (Å²) in [5.74, 6) is 1.41. The van der Waals surface area contributed by atoms with Crippen molar-refractivity contribution in [2.45, 2.75) is 33.4 Å². The Labute approximate surface area is 283 Å². The molecule has 0 fully saturated rings. The summed E-state index contributed by atoms with van der Waals surface area (Å²) in [7, 11) is 1.29. The number of carbonyl (C=O) groups is 1. The molecule has 1 atom stereocenters. The fraction of sp³-hybridized carbons (Fsp3) is 0.257. The van der Waals surface area contributed by atoms with Crippen LogP contribution in [0.5, 0.6) is 23.0 Å². The summed E-state index contributed by atoms with van der Waals surface area (Å²) in [5.41, 5.74) is 2.47. The van der Waals surface area contributed by atoms with E-state index in [1.54, 1.807) is 42.5 Å². The topological polar surface area (TPSA) is 121 Å². The zero-order chi connectivity index (χ0) is 33.5. The quantitative estimate of drug-likeness (QED) is 0.178. The largest absolute Gasteiger partial charge is 0.490 e. The molecule has 0 amide bonds. The van der Waals surface area contributed by atoms with Crippen LogP contribution in [0.3, 0.4) is 0 Å². The Balaban J connectivity index is 1.58. The highest BCUT2D eigenvalue weighted by Crippen LogP contribution is 2.38. The number of hydrogen-bond acceptors (Lipinski definition) is 10. The molecule has 47 heavy (non-hydrogen) atoms. The van der Waals surface area contributed by atoms with E-state index in [1.807, 2.05) is 39.0 Å². The Morgan fingerprint density at radius 2 is 1.72 bits per heavy atom. The van der Waals surface area contributed by atoms with E-state index in [4.69, 9.17) is 23.7 Å². The van der Waals surface area contributed by atoms with Gasteiger partial charge in [0, 0.05) is 11.8 Å². The first-order valence-electron chi connectivity index (χ1n) is 14.9. The SMILES string of the molecule is CCOc1ccc([C@H]2C(C(=O)OC)=CN=c3s/c(=C\c4cc(Br)c(OCc5ccccc5C#N)c(OCC)c4)c(=O)n32)cc1OCC. The molecule has 0 aliphatic carbocycles. The number of hydrogen-bond donors (Lipinski definition) is 0. The highest BCUT2D eigenvalue weighted by atomic mass is 79.9. The summed E-state index contributed by atoms with van der Waals surface area (Å²) in [6.45, 7) is 7.02. The van der Waals surface area contributed by atoms with Gasteiger partial charge in [-0.1, -0.05) is 35.6 Å². The van der Waals surface area contributed by atoms with Gasteiger partial charge in [0.15, 0.2) is 27.8 Å². The fourth-order valence-corrected chi connectivity index (χ4v) is 6.66. The number of benzene rings is 3. The van der Waals surface area contributed by atoms with E-state index in [1.165, 1.54) is 29.2 Å². The summed E-state index contributed by atoms with van der Waals surface area (Å²) in [6, 6.07) is 17.6. The van der Waals surface area contributed by atoms with Crippen molar-refractivity contribution in [2.24, 2.45) is 4.99 Å². The van der Waals surface area contributed by atoms with Crippen molar-refractivity contribution in [3.05, 3.63) is 113 Å². The molecule has 3 aromatic carbocycles. The fourth-order valence-electron chi connectivity index (χ4n) is 5.12. The van der Waals surface area contributed by atoms with Crippen molar-refractivity contribution in [1.29, 1.82) is 5.26 Å². The van der Waals surface area contributed by atoms with Crippen LogP contribution in [-0.2, 0) is 16.1 Å². The Morgan fingerprint density at radius 1 is 1.00 bits per heavy atom. The molecule has 0 saturated heterocycles. The van der Waals surface area contributed by atoms with Crippen molar-refractivity contribution >= 4 is 39.3 Å². The van der Waals surface area contributed by atoms with Gasteiger partial charge in [-0.25, -0.2) is 9.79 Å². The number of fused-ring (bicyclic) bond motifs is 1. The second-order valence-electron chi connectivity index (χ2n) is 10.1. The van der Waals surface area contributed by atoms with Crippen LogP contribution in [0.1, 0.15) is 49.1 Å². The Hall–Kier alpha value is -4.86. The molecule has 0 radical (unpaired) electrons. The van der Waals surface area contributed by atoms with Gasteiger partial charge in [-0.3, -0.25) is 9.36 Å². The van der Waals surface area contributed by atoms with E-state index >= 15 is 0 Å². The number of aromatic nitrogens is 1. The normalized spacial score (nSPS) is 13.9. The smallest absolute Gasteiger partial charge is 0.337 e. The zero-order valence-corrected chi connectivity index (χ0v) is 28.6. The number of nitriles is 1. The first kappa shape index (κ1) is 33.5. The third-order valence-corrected chi connectivity index (χ3v) is 8.73. The van der Waals surface area contributed by atoms with Crippen LogP contribution in [0, 0.1) is 11.3 Å². The van der Waals surface area contributed by atoms with Gasteiger partial charge in [-0.15, -0.1) is 0 Å². The number of halogens is 1. The number of carbonyl (C=O) groups excluding carboxylic acids is 1. The van der Waals surface area contributed by atoms with Crippen LogP contribution in [0.15, 0.2) is 80.6 Å². The van der Waals surface area contributed by atoms with E-state index < -0.39 is 12.0 Å². The highest BCUT2D eigenvalue weighted by Gasteiger charge is 2.31. The molecule has 0 spiro atoms. The summed E-state index contributed by atoms with van der Waals surface area (Å²) < 4.78 is 31.2. The number of nitrogens with zero attached hydrogens (tertiary/aromatic N) is 3. The van der Waals surface area contributed by atoms with Gasteiger partial charge >= 0.3 is 5.97 Å². The van der Waals surface area contributed by atoms with E-state index in [-0.39, 0.29) is 17.7 Å². The lowest BCUT2D eigenvalue weighted by atomic mass is 9.97. The summed E-state index contributed by atoms with van der Waals surface area (Å²) in [4.78, 5) is 31.9. The number of ether oxygens (including phenoxy) is 5. The highest BCUT2D eigenvalue weighted by molar-refractivity contribution is 9.10. The van der Waals surface area contributed by atoms with Crippen molar-refractivity contribution < 1.29 is 28.5 Å². The monoisotopic (exact) mass is 717 g/mol. The molecular formula is C35H32BrN3O7S. The van der Waals surface area contributed by atoms with Crippen LogP contribution in [0.2, 0.25) is 0 Å². The van der Waals surface area contributed by atoms with Crippen LogP contribution < -0.4 is 33.8 Å². The molecule has 2 heterocycles. The third-order valence-electron chi connectivity index (χ3n) is 7.15. The molecular weight excluding hydrogens is 686 g/mol. The van der Waals surface area contributed by atoms with Crippen LogP contribution >= 0.6 is 27.3 Å². The van der Waals surface area contributed by atoms with Gasteiger partial charge in [-0.05, 0) is 84.2 Å². The minimum absolute atomic E-state index is 0.166. The lowest BCUT2D eigenvalue weighted by Crippen LogP contribution is -2.39. The molecule has 0 bridgehead atoms. The Bertz CT molecular complexity index is 2060. The summed E-state index contributed by atoms with van der Waals surface area (Å²) in [5, 5.41) is 9.46. The van der Waals surface area contributed by atoms with Crippen LogP contribution in [-0.4, -0.2) is 37.5 Å². The van der Waals surface area contributed by atoms with Gasteiger partial charge in [-0.2, -0.15) is 5.26 Å². The number of methoxy groups -OCH3 is 1.